The summed E-state index contributed by atoms with van der Waals surface area (Å²) >= 11 is 0. The third-order valence-electron chi connectivity index (χ3n) is 2.11. The first-order chi connectivity index (χ1) is 7.61. The topological polar surface area (TPSA) is 34.1 Å². The molecule has 0 N–H and O–H groups in total. The number of carbonyl (C=O) groups is 2. The predicted molar refractivity (Wildman–Crippen MR) is 64.9 cm³/mol. The van der Waals surface area contributed by atoms with Crippen molar-refractivity contribution in [3.05, 3.63) is 53.6 Å². The largest absolute Gasteiger partial charge is 0.294 e. The van der Waals surface area contributed by atoms with Crippen molar-refractivity contribution in [2.45, 2.75) is 13.8 Å². The number of hydrogen-bond acceptors (Lipinski definition) is 2. The molecule has 0 radical (unpaired) electrons. The maximum Gasteiger partial charge on any atom is 0.163 e. The molecule has 1 aromatic carbocycles. The van der Waals surface area contributed by atoms with Gasteiger partial charge < -0.3 is 0 Å². The molecule has 0 saturated heterocycles. The van der Waals surface area contributed by atoms with Crippen molar-refractivity contribution in [3.8, 4) is 0 Å². The van der Waals surface area contributed by atoms with Gasteiger partial charge in [0.25, 0.3) is 0 Å². The fraction of sp³-hybridized carbons (Fsp3) is 0.143. The second-order valence-electron chi connectivity index (χ2n) is 3.46. The fourth-order valence-corrected chi connectivity index (χ4v) is 1.30. The normalized spacial score (nSPS) is 10.1. The Kier molecular flexibility index (Phi) is 4.40. The van der Waals surface area contributed by atoms with E-state index in [1.165, 1.54) is 13.8 Å². The molecule has 1 aromatic rings. The van der Waals surface area contributed by atoms with E-state index < -0.39 is 0 Å². The Hall–Kier alpha value is -1.96. The third-order valence-corrected chi connectivity index (χ3v) is 2.11. The van der Waals surface area contributed by atoms with Gasteiger partial charge in [0, 0.05) is 0 Å². The van der Waals surface area contributed by atoms with Crippen molar-refractivity contribution in [2.24, 2.45) is 0 Å². The number of hydrogen-bond donors (Lipinski definition) is 0. The zero-order chi connectivity index (χ0) is 12.0. The molecule has 2 nitrogen and oxygen atoms in total. The SMILES string of the molecule is CC(=O)C(=C/C=C\c1ccccc1)C(C)=O. The highest BCUT2D eigenvalue weighted by molar-refractivity contribution is 6.18. The molecule has 0 fully saturated rings. The van der Waals surface area contributed by atoms with E-state index in [4.69, 9.17) is 0 Å². The number of allylic oxidation sites excluding steroid dienone is 3. The van der Waals surface area contributed by atoms with Crippen LogP contribution in [-0.2, 0) is 9.59 Å². The van der Waals surface area contributed by atoms with Crippen molar-refractivity contribution in [2.75, 3.05) is 0 Å². The van der Waals surface area contributed by atoms with Gasteiger partial charge in [0.2, 0.25) is 0 Å². The van der Waals surface area contributed by atoms with Crippen LogP contribution in [0.2, 0.25) is 0 Å². The molecule has 0 aliphatic rings. The van der Waals surface area contributed by atoms with Crippen molar-refractivity contribution >= 4 is 17.6 Å². The molecular weight excluding hydrogens is 200 g/mol. The van der Waals surface area contributed by atoms with Gasteiger partial charge >= 0.3 is 0 Å². The van der Waals surface area contributed by atoms with Crippen LogP contribution in [-0.4, -0.2) is 11.6 Å². The Morgan fingerprint density at radius 2 is 1.56 bits per heavy atom. The van der Waals surface area contributed by atoms with Gasteiger partial charge in [0.1, 0.15) is 0 Å². The summed E-state index contributed by atoms with van der Waals surface area (Å²) in [6, 6.07) is 9.70. The van der Waals surface area contributed by atoms with Crippen LogP contribution in [0.5, 0.6) is 0 Å². The minimum Gasteiger partial charge on any atom is -0.294 e. The maximum atomic E-state index is 11.1. The number of rotatable bonds is 4. The summed E-state index contributed by atoms with van der Waals surface area (Å²) in [6.45, 7) is 2.78. The van der Waals surface area contributed by atoms with Gasteiger partial charge in [0.15, 0.2) is 11.6 Å². The zero-order valence-corrected chi connectivity index (χ0v) is 9.44. The lowest BCUT2D eigenvalue weighted by Crippen LogP contribution is -2.05. The highest BCUT2D eigenvalue weighted by atomic mass is 16.1. The van der Waals surface area contributed by atoms with E-state index in [1.807, 2.05) is 36.4 Å². The highest BCUT2D eigenvalue weighted by Gasteiger charge is 2.06. The van der Waals surface area contributed by atoms with E-state index in [0.29, 0.717) is 0 Å². The standard InChI is InChI=1S/C14H14O2/c1-11(15)14(12(2)16)10-6-9-13-7-4-3-5-8-13/h3-10H,1-2H3/b9-6-. The molecule has 0 heterocycles. The first-order valence-electron chi connectivity index (χ1n) is 5.06. The number of benzene rings is 1. The molecule has 0 aliphatic heterocycles. The van der Waals surface area contributed by atoms with Crippen LogP contribution < -0.4 is 0 Å². The van der Waals surface area contributed by atoms with Crippen LogP contribution in [0, 0.1) is 0 Å². The lowest BCUT2D eigenvalue weighted by atomic mass is 10.1. The summed E-state index contributed by atoms with van der Waals surface area (Å²) in [5.74, 6) is -0.407. The average molecular weight is 214 g/mol. The van der Waals surface area contributed by atoms with Crippen molar-refractivity contribution in [1.82, 2.24) is 0 Å². The van der Waals surface area contributed by atoms with Crippen molar-refractivity contribution < 1.29 is 9.59 Å². The Balaban J connectivity index is 2.82. The second kappa shape index (κ2) is 5.81. The van der Waals surface area contributed by atoms with E-state index in [0.717, 1.165) is 5.56 Å². The summed E-state index contributed by atoms with van der Waals surface area (Å²) < 4.78 is 0. The molecule has 0 spiro atoms. The van der Waals surface area contributed by atoms with Crippen LogP contribution in [0.15, 0.2) is 48.1 Å². The van der Waals surface area contributed by atoms with Gasteiger partial charge in [0.05, 0.1) is 5.57 Å². The minimum absolute atomic E-state index is 0.204. The van der Waals surface area contributed by atoms with Crippen LogP contribution in [0.25, 0.3) is 6.08 Å². The van der Waals surface area contributed by atoms with Crippen LogP contribution in [0.3, 0.4) is 0 Å². The average Bonchev–Trinajstić information content (AvgIpc) is 2.24. The Labute approximate surface area is 95.3 Å². The predicted octanol–water partition coefficient (Wildman–Crippen LogP) is 2.80. The number of carbonyl (C=O) groups excluding carboxylic acids is 2. The van der Waals surface area contributed by atoms with E-state index >= 15 is 0 Å². The zero-order valence-electron chi connectivity index (χ0n) is 9.44. The minimum atomic E-state index is -0.204. The van der Waals surface area contributed by atoms with Gasteiger partial charge in [-0.2, -0.15) is 0 Å². The number of ketones is 2. The fourth-order valence-electron chi connectivity index (χ4n) is 1.30. The highest BCUT2D eigenvalue weighted by Crippen LogP contribution is 2.03. The summed E-state index contributed by atoms with van der Waals surface area (Å²) in [7, 11) is 0. The summed E-state index contributed by atoms with van der Waals surface area (Å²) in [6.07, 6.45) is 5.12. The van der Waals surface area contributed by atoms with Crippen molar-refractivity contribution in [1.29, 1.82) is 0 Å². The molecule has 0 amide bonds. The molecule has 0 bridgehead atoms. The Bertz CT molecular complexity index is 423. The van der Waals surface area contributed by atoms with Gasteiger partial charge in [-0.25, -0.2) is 0 Å². The van der Waals surface area contributed by atoms with Gasteiger partial charge in [-0.3, -0.25) is 9.59 Å². The van der Waals surface area contributed by atoms with E-state index in [1.54, 1.807) is 12.2 Å². The molecule has 2 heteroatoms. The lowest BCUT2D eigenvalue weighted by molar-refractivity contribution is -0.119. The summed E-state index contributed by atoms with van der Waals surface area (Å²) in [5.41, 5.74) is 1.26. The van der Waals surface area contributed by atoms with Gasteiger partial charge in [-0.15, -0.1) is 0 Å². The quantitative estimate of drug-likeness (QED) is 0.334. The molecule has 0 atom stereocenters. The van der Waals surface area contributed by atoms with Crippen molar-refractivity contribution in [3.63, 3.8) is 0 Å². The van der Waals surface area contributed by atoms with Gasteiger partial charge in [-0.1, -0.05) is 42.5 Å². The van der Waals surface area contributed by atoms with E-state index in [-0.39, 0.29) is 17.1 Å². The monoisotopic (exact) mass is 214 g/mol. The second-order valence-corrected chi connectivity index (χ2v) is 3.46. The van der Waals surface area contributed by atoms with E-state index in [2.05, 4.69) is 0 Å². The Morgan fingerprint density at radius 1 is 1.00 bits per heavy atom. The molecule has 16 heavy (non-hydrogen) atoms. The van der Waals surface area contributed by atoms with E-state index in [9.17, 15) is 9.59 Å². The summed E-state index contributed by atoms with van der Waals surface area (Å²) in [5, 5.41) is 0. The first-order valence-corrected chi connectivity index (χ1v) is 5.06. The molecular formula is C14H14O2. The maximum absolute atomic E-state index is 11.1. The number of Topliss-reactive ketones (excluding diaryl/α,β-unsaturated/α-hetero) is 2. The molecule has 0 aliphatic carbocycles. The molecule has 0 saturated carbocycles. The molecule has 0 unspecified atom stereocenters. The smallest absolute Gasteiger partial charge is 0.163 e. The molecule has 0 aromatic heterocycles. The molecule has 82 valence electrons. The summed E-state index contributed by atoms with van der Waals surface area (Å²) in [4.78, 5) is 22.2. The first kappa shape index (κ1) is 12.1. The van der Waals surface area contributed by atoms with Crippen LogP contribution in [0.4, 0.5) is 0 Å². The molecule has 1 rings (SSSR count). The van der Waals surface area contributed by atoms with Crippen LogP contribution >= 0.6 is 0 Å². The third kappa shape index (κ3) is 3.65. The van der Waals surface area contributed by atoms with Gasteiger partial charge in [-0.05, 0) is 25.5 Å². The Morgan fingerprint density at radius 3 is 2.06 bits per heavy atom. The lowest BCUT2D eigenvalue weighted by Gasteiger charge is -1.94. The van der Waals surface area contributed by atoms with Crippen LogP contribution in [0.1, 0.15) is 19.4 Å².